The van der Waals surface area contributed by atoms with E-state index in [1.165, 1.54) is 12.1 Å². The van der Waals surface area contributed by atoms with Crippen LogP contribution in [0.5, 0.6) is 5.88 Å². The van der Waals surface area contributed by atoms with Gasteiger partial charge in [0.15, 0.2) is 6.61 Å². The van der Waals surface area contributed by atoms with Crippen LogP contribution in [-0.4, -0.2) is 23.8 Å². The maximum Gasteiger partial charge on any atom is 0.422 e. The summed E-state index contributed by atoms with van der Waals surface area (Å²) in [4.78, 5) is 15.3. The van der Waals surface area contributed by atoms with E-state index >= 15 is 0 Å². The molecule has 1 heterocycles. The second kappa shape index (κ2) is 8.03. The topological polar surface area (TPSA) is 63.2 Å². The Hall–Kier alpha value is -2.50. The van der Waals surface area contributed by atoms with Crippen molar-refractivity contribution in [1.82, 2.24) is 4.98 Å². The normalized spacial score (nSPS) is 11.8. The van der Waals surface area contributed by atoms with E-state index in [0.29, 0.717) is 17.8 Å². The Labute approximate surface area is 156 Å². The van der Waals surface area contributed by atoms with Crippen molar-refractivity contribution in [3.8, 4) is 5.88 Å². The van der Waals surface area contributed by atoms with Crippen LogP contribution in [0.25, 0.3) is 0 Å². The van der Waals surface area contributed by atoms with Crippen LogP contribution in [0.15, 0.2) is 40.9 Å². The van der Waals surface area contributed by atoms with Gasteiger partial charge in [-0.2, -0.15) is 31.3 Å². The Balaban J connectivity index is 2.18. The van der Waals surface area contributed by atoms with Gasteiger partial charge < -0.3 is 10.1 Å². The number of pyridine rings is 1. The molecule has 2 aromatic rings. The number of urea groups is 1. The van der Waals surface area contributed by atoms with Crippen molar-refractivity contribution >= 4 is 33.5 Å². The minimum atomic E-state index is -4.88. The van der Waals surface area contributed by atoms with Gasteiger partial charge in [-0.3, -0.25) is 5.32 Å². The minimum Gasteiger partial charge on any atom is -0.468 e. The number of nitrogens with zero attached hydrogens (tertiary/aromatic N) is 1. The molecule has 0 saturated heterocycles. The molecule has 1 aromatic carbocycles. The third-order valence-electron chi connectivity index (χ3n) is 2.86. The van der Waals surface area contributed by atoms with E-state index in [4.69, 9.17) is 0 Å². The lowest BCUT2D eigenvalue weighted by Gasteiger charge is -2.14. The number of carbonyl (C=O) groups excluding carboxylic acids is 1. The first-order chi connectivity index (χ1) is 12.4. The van der Waals surface area contributed by atoms with Crippen LogP contribution in [0.2, 0.25) is 0 Å². The van der Waals surface area contributed by atoms with Gasteiger partial charge in [0.2, 0.25) is 5.88 Å². The Morgan fingerprint density at radius 1 is 1.04 bits per heavy atom. The molecule has 146 valence electrons. The number of carbonyl (C=O) groups is 1. The third-order valence-corrected chi connectivity index (χ3v) is 3.39. The van der Waals surface area contributed by atoms with Gasteiger partial charge in [0.05, 0.1) is 5.56 Å². The number of aromatic nitrogens is 1. The van der Waals surface area contributed by atoms with Crippen LogP contribution >= 0.6 is 15.9 Å². The van der Waals surface area contributed by atoms with Gasteiger partial charge in [-0.25, -0.2) is 4.79 Å². The molecule has 1 aromatic heterocycles. The van der Waals surface area contributed by atoms with Crippen molar-refractivity contribution in [2.24, 2.45) is 0 Å². The lowest BCUT2D eigenvalue weighted by molar-refractivity contribution is -0.154. The molecule has 0 atom stereocenters. The Kier molecular flexibility index (Phi) is 6.19. The SMILES string of the molecule is O=C(Nc1ccc(Br)cc1)Nc1cc(C(F)(F)F)cc(OCC(F)(F)F)n1. The van der Waals surface area contributed by atoms with Gasteiger partial charge in [-0.1, -0.05) is 15.9 Å². The standard InChI is InChI=1S/C15H10BrF6N3O2/c16-9-1-3-10(4-2-9)23-13(26)25-11-5-8(15(20,21)22)6-12(24-11)27-7-14(17,18)19/h1-6H,7H2,(H2,23,24,25,26). The molecule has 0 bridgehead atoms. The molecule has 5 nitrogen and oxygen atoms in total. The highest BCUT2D eigenvalue weighted by Gasteiger charge is 2.33. The van der Waals surface area contributed by atoms with Crippen LogP contribution < -0.4 is 15.4 Å². The largest absolute Gasteiger partial charge is 0.468 e. The summed E-state index contributed by atoms with van der Waals surface area (Å²) in [6, 6.07) is 6.10. The fourth-order valence-electron chi connectivity index (χ4n) is 1.77. The van der Waals surface area contributed by atoms with Crippen molar-refractivity contribution in [1.29, 1.82) is 0 Å². The zero-order valence-electron chi connectivity index (χ0n) is 13.1. The first-order valence-electron chi connectivity index (χ1n) is 7.05. The number of hydrogen-bond acceptors (Lipinski definition) is 3. The molecule has 0 aliphatic rings. The van der Waals surface area contributed by atoms with Crippen LogP contribution in [-0.2, 0) is 6.18 Å². The smallest absolute Gasteiger partial charge is 0.422 e. The molecule has 0 fully saturated rings. The summed E-state index contributed by atoms with van der Waals surface area (Å²) in [6.45, 7) is -1.83. The predicted octanol–water partition coefficient (Wildman–Crippen LogP) is 5.45. The summed E-state index contributed by atoms with van der Waals surface area (Å²) >= 11 is 3.19. The fourth-order valence-corrected chi connectivity index (χ4v) is 2.04. The zero-order chi connectivity index (χ0) is 20.2. The molecule has 2 amide bonds. The van der Waals surface area contributed by atoms with E-state index in [-0.39, 0.29) is 0 Å². The molecular formula is C15H10BrF6N3O2. The highest BCUT2D eigenvalue weighted by molar-refractivity contribution is 9.10. The van der Waals surface area contributed by atoms with E-state index in [1.807, 2.05) is 5.32 Å². The van der Waals surface area contributed by atoms with Gasteiger partial charge in [0, 0.05) is 16.2 Å². The Morgan fingerprint density at radius 3 is 2.22 bits per heavy atom. The van der Waals surface area contributed by atoms with E-state index in [1.54, 1.807) is 12.1 Å². The van der Waals surface area contributed by atoms with Crippen molar-refractivity contribution in [2.45, 2.75) is 12.4 Å². The zero-order valence-corrected chi connectivity index (χ0v) is 14.7. The second-order valence-electron chi connectivity index (χ2n) is 5.07. The highest BCUT2D eigenvalue weighted by Crippen LogP contribution is 2.33. The summed E-state index contributed by atoms with van der Waals surface area (Å²) < 4.78 is 80.3. The average Bonchev–Trinajstić information content (AvgIpc) is 2.53. The van der Waals surface area contributed by atoms with Gasteiger partial charge in [-0.05, 0) is 30.3 Å². The second-order valence-corrected chi connectivity index (χ2v) is 5.98. The molecule has 0 saturated carbocycles. The molecule has 2 N–H and O–H groups in total. The first-order valence-corrected chi connectivity index (χ1v) is 7.84. The maximum atomic E-state index is 12.9. The van der Waals surface area contributed by atoms with Gasteiger partial charge in [0.1, 0.15) is 5.82 Å². The van der Waals surface area contributed by atoms with Crippen molar-refractivity contribution in [3.63, 3.8) is 0 Å². The molecule has 0 unspecified atom stereocenters. The monoisotopic (exact) mass is 457 g/mol. The predicted molar refractivity (Wildman–Crippen MR) is 87.6 cm³/mol. The highest BCUT2D eigenvalue weighted by atomic mass is 79.9. The van der Waals surface area contributed by atoms with Crippen LogP contribution in [0, 0.1) is 0 Å². The van der Waals surface area contributed by atoms with E-state index < -0.39 is 42.3 Å². The average molecular weight is 458 g/mol. The number of alkyl halides is 6. The molecule has 0 aliphatic carbocycles. The Morgan fingerprint density at radius 2 is 1.67 bits per heavy atom. The summed E-state index contributed by atoms with van der Waals surface area (Å²) in [5.41, 5.74) is -0.996. The molecule has 0 spiro atoms. The van der Waals surface area contributed by atoms with Crippen molar-refractivity contribution in [3.05, 3.63) is 46.4 Å². The van der Waals surface area contributed by atoms with Gasteiger partial charge in [0.25, 0.3) is 0 Å². The number of amides is 2. The van der Waals surface area contributed by atoms with E-state index in [0.717, 1.165) is 4.47 Å². The van der Waals surface area contributed by atoms with Gasteiger partial charge in [-0.15, -0.1) is 0 Å². The van der Waals surface area contributed by atoms with Crippen LogP contribution in [0.3, 0.4) is 0 Å². The molecular weight excluding hydrogens is 448 g/mol. The molecule has 27 heavy (non-hydrogen) atoms. The molecule has 2 rings (SSSR count). The number of anilines is 2. The van der Waals surface area contributed by atoms with Crippen LogP contribution in [0.1, 0.15) is 5.56 Å². The molecule has 0 aliphatic heterocycles. The number of halogens is 7. The van der Waals surface area contributed by atoms with E-state index in [9.17, 15) is 31.1 Å². The summed E-state index contributed by atoms with van der Waals surface area (Å²) in [5, 5.41) is 4.36. The lowest BCUT2D eigenvalue weighted by Crippen LogP contribution is -2.22. The number of ether oxygens (including phenoxy) is 1. The van der Waals surface area contributed by atoms with Gasteiger partial charge >= 0.3 is 18.4 Å². The van der Waals surface area contributed by atoms with Crippen LogP contribution in [0.4, 0.5) is 42.6 Å². The number of nitrogens with one attached hydrogen (secondary N) is 2. The molecule has 12 heteroatoms. The number of rotatable bonds is 4. The molecule has 0 radical (unpaired) electrons. The summed E-state index contributed by atoms with van der Waals surface area (Å²) in [7, 11) is 0. The minimum absolute atomic E-state index is 0.309. The summed E-state index contributed by atoms with van der Waals surface area (Å²) in [6.07, 6.45) is -9.64. The third kappa shape index (κ3) is 6.96. The number of hydrogen-bond donors (Lipinski definition) is 2. The Bertz CT molecular complexity index is 809. The number of benzene rings is 1. The quantitative estimate of drug-likeness (QED) is 0.600. The summed E-state index contributed by atoms with van der Waals surface area (Å²) in [5.74, 6) is -1.56. The van der Waals surface area contributed by atoms with Crippen molar-refractivity contribution < 1.29 is 35.9 Å². The first kappa shape index (κ1) is 20.8. The van der Waals surface area contributed by atoms with E-state index in [2.05, 4.69) is 31.0 Å². The maximum absolute atomic E-state index is 12.9. The lowest BCUT2D eigenvalue weighted by atomic mass is 10.2. The van der Waals surface area contributed by atoms with Crippen molar-refractivity contribution in [2.75, 3.05) is 17.2 Å². The fraction of sp³-hybridized carbons (Fsp3) is 0.200.